The summed E-state index contributed by atoms with van der Waals surface area (Å²) in [6, 6.07) is 10.8. The van der Waals surface area contributed by atoms with Crippen molar-refractivity contribution < 1.29 is 28.5 Å². The van der Waals surface area contributed by atoms with Crippen LogP contribution in [0.5, 0.6) is 23.0 Å². The van der Waals surface area contributed by atoms with Crippen LogP contribution in [0.2, 0.25) is 0 Å². The van der Waals surface area contributed by atoms with E-state index in [0.717, 1.165) is 31.4 Å². The zero-order chi connectivity index (χ0) is 21.7. The molecule has 1 unspecified atom stereocenters. The van der Waals surface area contributed by atoms with Crippen LogP contribution < -0.4 is 29.2 Å². The van der Waals surface area contributed by atoms with Gasteiger partial charge in [0.05, 0.1) is 5.92 Å². The molecular formula is C24H24N2O6. The fourth-order valence-electron chi connectivity index (χ4n) is 4.90. The number of ether oxygens (including phenoxy) is 4. The number of carbonyl (C=O) groups is 2. The molecule has 4 aliphatic rings. The summed E-state index contributed by atoms with van der Waals surface area (Å²) < 4.78 is 23.0. The summed E-state index contributed by atoms with van der Waals surface area (Å²) in [6.45, 7) is 0.492. The summed E-state index contributed by atoms with van der Waals surface area (Å²) >= 11 is 0. The fraction of sp³-hybridized carbons (Fsp3) is 0.417. The van der Waals surface area contributed by atoms with Gasteiger partial charge in [-0.15, -0.1) is 0 Å². The number of hydrogen-bond acceptors (Lipinski definition) is 6. The van der Waals surface area contributed by atoms with Gasteiger partial charge in [0.25, 0.3) is 5.79 Å². The van der Waals surface area contributed by atoms with Gasteiger partial charge in [-0.3, -0.25) is 9.59 Å². The number of carbonyl (C=O) groups excluding carboxylic acids is 2. The molecular weight excluding hydrogens is 412 g/mol. The number of fused-ring (bicyclic) bond motifs is 2. The van der Waals surface area contributed by atoms with E-state index in [9.17, 15) is 9.59 Å². The van der Waals surface area contributed by atoms with Crippen molar-refractivity contribution >= 4 is 23.2 Å². The molecule has 0 bridgehead atoms. The molecule has 3 heterocycles. The van der Waals surface area contributed by atoms with Crippen molar-refractivity contribution in [2.45, 2.75) is 44.3 Å². The third-order valence-electron chi connectivity index (χ3n) is 6.58. The molecule has 166 valence electrons. The van der Waals surface area contributed by atoms with E-state index in [2.05, 4.69) is 5.32 Å². The molecule has 2 amide bonds. The first kappa shape index (κ1) is 19.3. The van der Waals surface area contributed by atoms with Crippen LogP contribution in [-0.2, 0) is 9.59 Å². The van der Waals surface area contributed by atoms with E-state index < -0.39 is 11.7 Å². The average Bonchev–Trinajstić information content (AvgIpc) is 3.50. The number of benzene rings is 2. The smallest absolute Gasteiger partial charge is 0.251 e. The average molecular weight is 436 g/mol. The van der Waals surface area contributed by atoms with Crippen molar-refractivity contribution in [3.63, 3.8) is 0 Å². The van der Waals surface area contributed by atoms with Gasteiger partial charge in [0.1, 0.15) is 0 Å². The summed E-state index contributed by atoms with van der Waals surface area (Å²) in [4.78, 5) is 27.1. The van der Waals surface area contributed by atoms with Gasteiger partial charge in [-0.25, -0.2) is 0 Å². The number of nitrogens with one attached hydrogen (secondary N) is 1. The van der Waals surface area contributed by atoms with E-state index in [-0.39, 0.29) is 25.0 Å². The van der Waals surface area contributed by atoms with E-state index in [1.807, 2.05) is 24.3 Å². The van der Waals surface area contributed by atoms with Gasteiger partial charge < -0.3 is 29.2 Å². The number of anilines is 2. The van der Waals surface area contributed by atoms with Gasteiger partial charge in [0.2, 0.25) is 18.6 Å². The zero-order valence-corrected chi connectivity index (χ0v) is 17.6. The van der Waals surface area contributed by atoms with Gasteiger partial charge in [-0.2, -0.15) is 0 Å². The summed E-state index contributed by atoms with van der Waals surface area (Å²) in [5.74, 6) is 1.38. The highest BCUT2D eigenvalue weighted by Crippen LogP contribution is 2.46. The van der Waals surface area contributed by atoms with Crippen LogP contribution in [0.1, 0.15) is 38.5 Å². The van der Waals surface area contributed by atoms with Gasteiger partial charge in [-0.1, -0.05) is 6.42 Å². The largest absolute Gasteiger partial charge is 0.454 e. The van der Waals surface area contributed by atoms with Crippen molar-refractivity contribution in [3.05, 3.63) is 36.4 Å². The molecule has 0 aromatic heterocycles. The predicted molar refractivity (Wildman–Crippen MR) is 115 cm³/mol. The first-order valence-corrected chi connectivity index (χ1v) is 11.1. The Balaban J connectivity index is 1.13. The molecule has 6 rings (SSSR count). The van der Waals surface area contributed by atoms with Gasteiger partial charge in [0.15, 0.2) is 23.0 Å². The first-order chi connectivity index (χ1) is 15.6. The highest BCUT2D eigenvalue weighted by molar-refractivity contribution is 6.03. The molecule has 2 aromatic rings. The van der Waals surface area contributed by atoms with Crippen LogP contribution in [0.4, 0.5) is 11.4 Å². The summed E-state index contributed by atoms with van der Waals surface area (Å²) in [5, 5.41) is 2.94. The minimum absolute atomic E-state index is 0.0889. The van der Waals surface area contributed by atoms with Crippen LogP contribution >= 0.6 is 0 Å². The number of hydrogen-bond donors (Lipinski definition) is 1. The summed E-state index contributed by atoms with van der Waals surface area (Å²) in [7, 11) is 0. The molecule has 1 spiro atoms. The molecule has 8 nitrogen and oxygen atoms in total. The van der Waals surface area contributed by atoms with E-state index in [4.69, 9.17) is 18.9 Å². The lowest BCUT2D eigenvalue weighted by Crippen LogP contribution is -2.40. The third kappa shape index (κ3) is 3.30. The standard InChI is InChI=1S/C24H24N2O6/c27-22-10-15(13-26(22)17-5-7-18-20(12-17)30-14-29-18)23(28)25-16-4-6-19-21(11-16)32-24(31-19)8-2-1-3-9-24/h4-7,11-12,15H,1-3,8-10,13-14H2,(H,25,28). The Kier molecular flexibility index (Phi) is 4.41. The highest BCUT2D eigenvalue weighted by Gasteiger charge is 2.42. The Hall–Kier alpha value is -3.42. The lowest BCUT2D eigenvalue weighted by Gasteiger charge is -2.31. The Morgan fingerprint density at radius 1 is 0.938 bits per heavy atom. The molecule has 8 heteroatoms. The molecule has 1 atom stereocenters. The highest BCUT2D eigenvalue weighted by atomic mass is 16.7. The lowest BCUT2D eigenvalue weighted by atomic mass is 9.94. The molecule has 1 saturated carbocycles. The molecule has 0 radical (unpaired) electrons. The van der Waals surface area contributed by atoms with Crippen molar-refractivity contribution in [2.24, 2.45) is 5.92 Å². The van der Waals surface area contributed by atoms with Gasteiger partial charge >= 0.3 is 0 Å². The maximum absolute atomic E-state index is 12.9. The van der Waals surface area contributed by atoms with Crippen LogP contribution in [0.3, 0.4) is 0 Å². The minimum Gasteiger partial charge on any atom is -0.454 e. The molecule has 3 aliphatic heterocycles. The molecule has 1 N–H and O–H groups in total. The Morgan fingerprint density at radius 2 is 1.72 bits per heavy atom. The second-order valence-corrected chi connectivity index (χ2v) is 8.77. The fourth-order valence-corrected chi connectivity index (χ4v) is 4.90. The molecule has 2 aromatic carbocycles. The molecule has 32 heavy (non-hydrogen) atoms. The van der Waals surface area contributed by atoms with Crippen molar-refractivity contribution in [1.29, 1.82) is 0 Å². The number of rotatable bonds is 3. The summed E-state index contributed by atoms with van der Waals surface area (Å²) in [6.07, 6.45) is 5.30. The SMILES string of the molecule is O=C(Nc1ccc2c(c1)OC1(CCCCC1)O2)C1CC(=O)N(c2ccc3c(c2)OCO3)C1. The number of nitrogens with zero attached hydrogens (tertiary/aromatic N) is 1. The van der Waals surface area contributed by atoms with Gasteiger partial charge in [-0.05, 0) is 37.1 Å². The molecule has 1 saturated heterocycles. The van der Waals surface area contributed by atoms with E-state index in [1.165, 1.54) is 6.42 Å². The Labute approximate surface area is 185 Å². The van der Waals surface area contributed by atoms with Crippen molar-refractivity contribution in [3.8, 4) is 23.0 Å². The van der Waals surface area contributed by atoms with Gasteiger partial charge in [0, 0.05) is 49.3 Å². The molecule has 1 aliphatic carbocycles. The van der Waals surface area contributed by atoms with Crippen LogP contribution in [0, 0.1) is 5.92 Å². The quantitative estimate of drug-likeness (QED) is 0.787. The maximum atomic E-state index is 12.9. The zero-order valence-electron chi connectivity index (χ0n) is 17.6. The maximum Gasteiger partial charge on any atom is 0.251 e. The first-order valence-electron chi connectivity index (χ1n) is 11.1. The minimum atomic E-state index is -0.549. The van der Waals surface area contributed by atoms with Crippen LogP contribution in [-0.4, -0.2) is 30.9 Å². The van der Waals surface area contributed by atoms with E-state index >= 15 is 0 Å². The van der Waals surface area contributed by atoms with E-state index in [0.29, 0.717) is 35.2 Å². The summed E-state index contributed by atoms with van der Waals surface area (Å²) in [5.41, 5.74) is 1.34. The van der Waals surface area contributed by atoms with E-state index in [1.54, 1.807) is 17.0 Å². The van der Waals surface area contributed by atoms with Crippen molar-refractivity contribution in [2.75, 3.05) is 23.6 Å². The second kappa shape index (κ2) is 7.32. The van der Waals surface area contributed by atoms with Crippen molar-refractivity contribution in [1.82, 2.24) is 0 Å². The predicted octanol–water partition coefficient (Wildman–Crippen LogP) is 3.84. The monoisotopic (exact) mass is 436 g/mol. The molecule has 2 fully saturated rings. The Morgan fingerprint density at radius 3 is 2.59 bits per heavy atom. The topological polar surface area (TPSA) is 86.3 Å². The number of amides is 2. The second-order valence-electron chi connectivity index (χ2n) is 8.77. The Bertz CT molecular complexity index is 1090. The third-order valence-corrected chi connectivity index (χ3v) is 6.58. The van der Waals surface area contributed by atoms with Crippen LogP contribution in [0.15, 0.2) is 36.4 Å². The van der Waals surface area contributed by atoms with Crippen LogP contribution in [0.25, 0.3) is 0 Å². The normalized spacial score (nSPS) is 22.4. The lowest BCUT2D eigenvalue weighted by molar-refractivity contribution is -0.122.